The van der Waals surface area contributed by atoms with Gasteiger partial charge in [-0.05, 0) is 54.8 Å². The van der Waals surface area contributed by atoms with Crippen LogP contribution in [0.2, 0.25) is 0 Å². The molecule has 0 unspecified atom stereocenters. The minimum Gasteiger partial charge on any atom is -0.493 e. The molecule has 2 aromatic carbocycles. The second-order valence-corrected chi connectivity index (χ2v) is 8.68. The average molecular weight is 444 g/mol. The first-order valence-corrected chi connectivity index (χ1v) is 11.0. The van der Waals surface area contributed by atoms with Crippen molar-refractivity contribution < 1.29 is 13.9 Å². The van der Waals surface area contributed by atoms with Crippen LogP contribution in [0.5, 0.6) is 5.75 Å². The normalized spacial score (nSPS) is 11.2. The standard InChI is InChI=1S/C25H21N3O3S/c1-15-10-16(2)22-21(11-15)32-25(27-22)28(14-17-6-5-9-26-13-17)24(29)20-12-18-7-4-8-19(30-3)23(18)31-20/h4-13H,14H2,1-3H3. The molecule has 32 heavy (non-hydrogen) atoms. The number of para-hydroxylation sites is 1. The molecular formula is C25H21N3O3S. The van der Waals surface area contributed by atoms with Crippen molar-refractivity contribution in [2.75, 3.05) is 12.0 Å². The molecule has 0 atom stereocenters. The molecule has 0 aliphatic carbocycles. The summed E-state index contributed by atoms with van der Waals surface area (Å²) < 4.78 is 12.4. The Morgan fingerprint density at radius 3 is 2.81 bits per heavy atom. The maximum atomic E-state index is 13.7. The van der Waals surface area contributed by atoms with Gasteiger partial charge in [-0.2, -0.15) is 0 Å². The summed E-state index contributed by atoms with van der Waals surface area (Å²) in [7, 11) is 1.58. The van der Waals surface area contributed by atoms with Gasteiger partial charge in [-0.25, -0.2) is 4.98 Å². The van der Waals surface area contributed by atoms with Gasteiger partial charge in [-0.1, -0.05) is 35.6 Å². The number of fused-ring (bicyclic) bond motifs is 2. The fourth-order valence-electron chi connectivity index (χ4n) is 3.81. The van der Waals surface area contributed by atoms with Crippen LogP contribution in [0.1, 0.15) is 27.2 Å². The van der Waals surface area contributed by atoms with Crippen LogP contribution in [0.25, 0.3) is 21.2 Å². The monoisotopic (exact) mass is 443 g/mol. The van der Waals surface area contributed by atoms with Crippen molar-refractivity contribution in [3.8, 4) is 5.75 Å². The summed E-state index contributed by atoms with van der Waals surface area (Å²) in [6, 6.07) is 15.3. The smallest absolute Gasteiger partial charge is 0.296 e. The predicted molar refractivity (Wildman–Crippen MR) is 127 cm³/mol. The van der Waals surface area contributed by atoms with Crippen LogP contribution in [0, 0.1) is 13.8 Å². The highest BCUT2D eigenvalue weighted by Crippen LogP contribution is 2.35. The molecule has 0 spiro atoms. The Hall–Kier alpha value is -3.71. The minimum absolute atomic E-state index is 0.237. The second kappa shape index (κ2) is 8.09. The van der Waals surface area contributed by atoms with Crippen LogP contribution < -0.4 is 9.64 Å². The third-order valence-electron chi connectivity index (χ3n) is 5.30. The number of amides is 1. The van der Waals surface area contributed by atoms with Crippen LogP contribution in [-0.4, -0.2) is 23.0 Å². The largest absolute Gasteiger partial charge is 0.493 e. The fraction of sp³-hybridized carbons (Fsp3) is 0.160. The molecule has 0 radical (unpaired) electrons. The van der Waals surface area contributed by atoms with Gasteiger partial charge in [0.25, 0.3) is 5.91 Å². The highest BCUT2D eigenvalue weighted by atomic mass is 32.1. The summed E-state index contributed by atoms with van der Waals surface area (Å²) in [6.45, 7) is 4.43. The Morgan fingerprint density at radius 1 is 1.16 bits per heavy atom. The molecule has 0 bridgehead atoms. The number of hydrogen-bond acceptors (Lipinski definition) is 6. The second-order valence-electron chi connectivity index (χ2n) is 7.67. The van der Waals surface area contributed by atoms with Crippen molar-refractivity contribution in [2.45, 2.75) is 20.4 Å². The molecule has 1 amide bonds. The van der Waals surface area contributed by atoms with Gasteiger partial charge in [0.15, 0.2) is 22.2 Å². The molecule has 3 heterocycles. The maximum Gasteiger partial charge on any atom is 0.296 e. The molecule has 0 aliphatic heterocycles. The van der Waals surface area contributed by atoms with Gasteiger partial charge in [0.2, 0.25) is 0 Å². The Balaban J connectivity index is 1.61. The van der Waals surface area contributed by atoms with Gasteiger partial charge in [-0.3, -0.25) is 14.7 Å². The van der Waals surface area contributed by atoms with Crippen LogP contribution in [0.4, 0.5) is 5.13 Å². The van der Waals surface area contributed by atoms with Crippen molar-refractivity contribution in [1.82, 2.24) is 9.97 Å². The summed E-state index contributed by atoms with van der Waals surface area (Å²) in [6.07, 6.45) is 3.47. The number of hydrogen-bond donors (Lipinski definition) is 0. The van der Waals surface area contributed by atoms with Crippen molar-refractivity contribution in [3.05, 3.63) is 83.4 Å². The highest BCUT2D eigenvalue weighted by molar-refractivity contribution is 7.22. The molecule has 0 aliphatic rings. The van der Waals surface area contributed by atoms with E-state index in [1.807, 2.05) is 37.3 Å². The summed E-state index contributed by atoms with van der Waals surface area (Å²) in [5.74, 6) is 0.563. The van der Waals surface area contributed by atoms with E-state index in [1.165, 1.54) is 16.9 Å². The Morgan fingerprint density at radius 2 is 2.03 bits per heavy atom. The van der Waals surface area contributed by atoms with Crippen LogP contribution in [0.3, 0.4) is 0 Å². The fourth-order valence-corrected chi connectivity index (χ4v) is 4.95. The third-order valence-corrected chi connectivity index (χ3v) is 6.32. The van der Waals surface area contributed by atoms with E-state index in [0.717, 1.165) is 26.7 Å². The van der Waals surface area contributed by atoms with Gasteiger partial charge < -0.3 is 9.15 Å². The van der Waals surface area contributed by atoms with E-state index in [4.69, 9.17) is 14.1 Å². The Labute approximate surface area is 189 Å². The SMILES string of the molecule is COc1cccc2cc(C(=O)N(Cc3cccnc3)c3nc4c(C)cc(C)cc4s3)oc12. The van der Waals surface area contributed by atoms with Crippen LogP contribution in [-0.2, 0) is 6.54 Å². The van der Waals surface area contributed by atoms with E-state index in [9.17, 15) is 4.79 Å². The van der Waals surface area contributed by atoms with Crippen molar-refractivity contribution in [1.29, 1.82) is 0 Å². The summed E-state index contributed by atoms with van der Waals surface area (Å²) in [5, 5.41) is 1.43. The number of aromatic nitrogens is 2. The predicted octanol–water partition coefficient (Wildman–Crippen LogP) is 5.91. The zero-order valence-corrected chi connectivity index (χ0v) is 18.8. The molecule has 5 rings (SSSR count). The van der Waals surface area contributed by atoms with Gasteiger partial charge in [0.1, 0.15) is 0 Å². The molecule has 160 valence electrons. The lowest BCUT2D eigenvalue weighted by Crippen LogP contribution is -2.30. The van der Waals surface area contributed by atoms with E-state index >= 15 is 0 Å². The number of anilines is 1. The molecule has 7 heteroatoms. The van der Waals surface area contributed by atoms with Gasteiger partial charge in [0.05, 0.1) is 23.9 Å². The number of ether oxygens (including phenoxy) is 1. The van der Waals surface area contributed by atoms with E-state index < -0.39 is 0 Å². The van der Waals surface area contributed by atoms with Crippen molar-refractivity contribution in [3.63, 3.8) is 0 Å². The maximum absolute atomic E-state index is 13.7. The molecule has 0 fully saturated rings. The molecule has 0 saturated heterocycles. The summed E-state index contributed by atoms with van der Waals surface area (Å²) in [5.41, 5.74) is 4.62. The number of rotatable bonds is 5. The summed E-state index contributed by atoms with van der Waals surface area (Å²) >= 11 is 1.50. The Bertz CT molecular complexity index is 1440. The quantitative estimate of drug-likeness (QED) is 0.338. The first kappa shape index (κ1) is 20.2. The van der Waals surface area contributed by atoms with Crippen LogP contribution in [0.15, 0.2) is 65.3 Å². The molecule has 5 aromatic rings. The third kappa shape index (κ3) is 3.61. The number of pyridine rings is 1. The number of benzene rings is 2. The van der Waals surface area contributed by atoms with E-state index in [1.54, 1.807) is 30.5 Å². The van der Waals surface area contributed by atoms with Crippen LogP contribution >= 0.6 is 11.3 Å². The molecule has 3 aromatic heterocycles. The number of carbonyl (C=O) groups is 1. The van der Waals surface area contributed by atoms with Gasteiger partial charge in [0, 0.05) is 17.8 Å². The molecule has 6 nitrogen and oxygen atoms in total. The Kier molecular flexibility index (Phi) is 5.11. The zero-order chi connectivity index (χ0) is 22.2. The number of aryl methyl sites for hydroxylation is 2. The van der Waals surface area contributed by atoms with Gasteiger partial charge >= 0.3 is 0 Å². The van der Waals surface area contributed by atoms with E-state index in [2.05, 4.69) is 24.0 Å². The summed E-state index contributed by atoms with van der Waals surface area (Å²) in [4.78, 5) is 24.4. The number of methoxy groups -OCH3 is 1. The zero-order valence-electron chi connectivity index (χ0n) is 18.0. The van der Waals surface area contributed by atoms with Crippen molar-refractivity contribution >= 4 is 43.6 Å². The first-order chi connectivity index (χ1) is 15.5. The lowest BCUT2D eigenvalue weighted by Gasteiger charge is -2.18. The molecule has 0 saturated carbocycles. The van der Waals surface area contributed by atoms with E-state index in [0.29, 0.717) is 23.0 Å². The minimum atomic E-state index is -0.263. The highest BCUT2D eigenvalue weighted by Gasteiger charge is 2.26. The number of thiazole rings is 1. The molecule has 0 N–H and O–H groups in total. The van der Waals surface area contributed by atoms with Crippen molar-refractivity contribution in [2.24, 2.45) is 0 Å². The number of nitrogens with zero attached hydrogens (tertiary/aromatic N) is 3. The van der Waals surface area contributed by atoms with Gasteiger partial charge in [-0.15, -0.1) is 0 Å². The lowest BCUT2D eigenvalue weighted by atomic mass is 10.1. The topological polar surface area (TPSA) is 68.5 Å². The lowest BCUT2D eigenvalue weighted by molar-refractivity contribution is 0.0960. The first-order valence-electron chi connectivity index (χ1n) is 10.2. The number of carbonyl (C=O) groups excluding carboxylic acids is 1. The molecular weight excluding hydrogens is 422 g/mol. The average Bonchev–Trinajstić information content (AvgIpc) is 3.42. The number of furan rings is 1. The van der Waals surface area contributed by atoms with E-state index in [-0.39, 0.29) is 11.7 Å².